The minimum atomic E-state index is 0.567. The molecule has 15 heavy (non-hydrogen) atoms. The summed E-state index contributed by atoms with van der Waals surface area (Å²) in [4.78, 5) is 0. The van der Waals surface area contributed by atoms with Crippen LogP contribution in [0.5, 0.6) is 0 Å². The topological polar surface area (TPSA) is 12.0 Å². The summed E-state index contributed by atoms with van der Waals surface area (Å²) in [5.74, 6) is 4.54. The van der Waals surface area contributed by atoms with E-state index in [2.05, 4.69) is 25.1 Å². The summed E-state index contributed by atoms with van der Waals surface area (Å²) < 4.78 is 0. The van der Waals surface area contributed by atoms with Crippen molar-refractivity contribution in [2.45, 2.75) is 58.4 Å². The van der Waals surface area contributed by atoms with E-state index in [-0.39, 0.29) is 0 Å². The molecule has 0 bridgehead atoms. The van der Waals surface area contributed by atoms with Crippen LogP contribution in [-0.4, -0.2) is 12.6 Å². The molecule has 1 aliphatic carbocycles. The number of terminal acetylenes is 1. The van der Waals surface area contributed by atoms with Crippen LogP contribution < -0.4 is 5.32 Å². The van der Waals surface area contributed by atoms with Gasteiger partial charge in [-0.2, -0.15) is 0 Å². The zero-order valence-corrected chi connectivity index (χ0v) is 10.3. The Morgan fingerprint density at radius 1 is 1.47 bits per heavy atom. The molecule has 0 aromatic rings. The summed E-state index contributed by atoms with van der Waals surface area (Å²) in [6.07, 6.45) is 13.1. The van der Waals surface area contributed by atoms with Gasteiger partial charge in [0.05, 0.1) is 0 Å². The van der Waals surface area contributed by atoms with Gasteiger partial charge in [-0.15, -0.1) is 12.3 Å². The Morgan fingerprint density at radius 2 is 2.27 bits per heavy atom. The normalized spacial score (nSPS) is 28.3. The zero-order valence-electron chi connectivity index (χ0n) is 10.3. The molecule has 1 aliphatic rings. The highest BCUT2D eigenvalue weighted by atomic mass is 14.9. The molecule has 1 fully saturated rings. The van der Waals surface area contributed by atoms with Crippen LogP contribution in [0.3, 0.4) is 0 Å². The highest BCUT2D eigenvalue weighted by Crippen LogP contribution is 2.31. The lowest BCUT2D eigenvalue weighted by atomic mass is 9.78. The van der Waals surface area contributed by atoms with E-state index in [0.29, 0.717) is 6.04 Å². The van der Waals surface area contributed by atoms with Gasteiger partial charge in [-0.05, 0) is 37.6 Å². The van der Waals surface area contributed by atoms with Crippen LogP contribution >= 0.6 is 0 Å². The van der Waals surface area contributed by atoms with Crippen LogP contribution in [-0.2, 0) is 0 Å². The predicted molar refractivity (Wildman–Crippen MR) is 66.7 cm³/mol. The second-order valence-corrected chi connectivity index (χ2v) is 5.00. The molecular weight excluding hydrogens is 182 g/mol. The van der Waals surface area contributed by atoms with E-state index in [1.807, 2.05) is 0 Å². The second kappa shape index (κ2) is 6.90. The van der Waals surface area contributed by atoms with Gasteiger partial charge in [0, 0.05) is 12.5 Å². The van der Waals surface area contributed by atoms with Crippen LogP contribution in [0.25, 0.3) is 0 Å². The molecule has 1 N–H and O–H groups in total. The molecule has 0 aromatic heterocycles. The molecule has 1 saturated carbocycles. The van der Waals surface area contributed by atoms with Gasteiger partial charge in [-0.25, -0.2) is 0 Å². The van der Waals surface area contributed by atoms with Gasteiger partial charge in [0.1, 0.15) is 0 Å². The number of rotatable bonds is 5. The molecule has 3 unspecified atom stereocenters. The van der Waals surface area contributed by atoms with Gasteiger partial charge in [-0.3, -0.25) is 0 Å². The van der Waals surface area contributed by atoms with Gasteiger partial charge in [0.15, 0.2) is 0 Å². The van der Waals surface area contributed by atoms with Crippen LogP contribution in [0, 0.1) is 24.2 Å². The first kappa shape index (κ1) is 12.6. The molecule has 1 heteroatoms. The average Bonchev–Trinajstić information content (AvgIpc) is 2.24. The van der Waals surface area contributed by atoms with Gasteiger partial charge < -0.3 is 5.32 Å². The van der Waals surface area contributed by atoms with Gasteiger partial charge in [-0.1, -0.05) is 26.7 Å². The maximum atomic E-state index is 5.45. The zero-order chi connectivity index (χ0) is 11.1. The third kappa shape index (κ3) is 4.26. The first-order valence-electron chi connectivity index (χ1n) is 6.44. The van der Waals surface area contributed by atoms with Crippen molar-refractivity contribution in [3.8, 4) is 12.3 Å². The predicted octanol–water partition coefficient (Wildman–Crippen LogP) is 3.20. The molecule has 86 valence electrons. The average molecular weight is 207 g/mol. The largest absolute Gasteiger partial charge is 0.313 e. The third-order valence-corrected chi connectivity index (χ3v) is 3.54. The Labute approximate surface area is 95.0 Å². The lowest BCUT2D eigenvalue weighted by molar-refractivity contribution is 0.224. The molecule has 1 rings (SSSR count). The van der Waals surface area contributed by atoms with Gasteiger partial charge in [0.2, 0.25) is 0 Å². The molecule has 0 spiro atoms. The Hall–Kier alpha value is -0.480. The summed E-state index contributed by atoms with van der Waals surface area (Å²) in [6.45, 7) is 5.69. The fourth-order valence-corrected chi connectivity index (χ4v) is 2.71. The molecule has 0 radical (unpaired) electrons. The number of hydrogen-bond donors (Lipinski definition) is 1. The minimum Gasteiger partial charge on any atom is -0.313 e. The van der Waals surface area contributed by atoms with Crippen LogP contribution in [0.1, 0.15) is 52.4 Å². The van der Waals surface area contributed by atoms with E-state index in [0.717, 1.165) is 24.8 Å². The smallest absolute Gasteiger partial charge is 0.0243 e. The molecule has 0 aliphatic heterocycles. The summed E-state index contributed by atoms with van der Waals surface area (Å²) >= 11 is 0. The third-order valence-electron chi connectivity index (χ3n) is 3.54. The van der Waals surface area contributed by atoms with Crippen LogP contribution in [0.15, 0.2) is 0 Å². The van der Waals surface area contributed by atoms with E-state index in [1.165, 1.54) is 32.1 Å². The van der Waals surface area contributed by atoms with E-state index in [4.69, 9.17) is 6.42 Å². The van der Waals surface area contributed by atoms with E-state index >= 15 is 0 Å². The number of hydrogen-bond acceptors (Lipinski definition) is 1. The van der Waals surface area contributed by atoms with Crippen molar-refractivity contribution in [3.63, 3.8) is 0 Å². The monoisotopic (exact) mass is 207 g/mol. The molecule has 0 aromatic carbocycles. The van der Waals surface area contributed by atoms with Crippen molar-refractivity contribution < 1.29 is 0 Å². The highest BCUT2D eigenvalue weighted by Gasteiger charge is 2.25. The maximum Gasteiger partial charge on any atom is 0.0243 e. The lowest BCUT2D eigenvalue weighted by Crippen LogP contribution is -2.38. The van der Waals surface area contributed by atoms with Crippen LogP contribution in [0.2, 0.25) is 0 Å². The Morgan fingerprint density at radius 3 is 2.87 bits per heavy atom. The summed E-state index contributed by atoms with van der Waals surface area (Å²) in [5, 5.41) is 3.62. The summed E-state index contributed by atoms with van der Waals surface area (Å²) in [5.41, 5.74) is 0. The van der Waals surface area contributed by atoms with Crippen molar-refractivity contribution in [1.82, 2.24) is 5.32 Å². The summed E-state index contributed by atoms with van der Waals surface area (Å²) in [6, 6.07) is 0.567. The molecule has 3 atom stereocenters. The van der Waals surface area contributed by atoms with Gasteiger partial charge >= 0.3 is 0 Å². The molecule has 0 heterocycles. The first-order valence-corrected chi connectivity index (χ1v) is 6.44. The van der Waals surface area contributed by atoms with Crippen LogP contribution in [0.4, 0.5) is 0 Å². The molecular formula is C14H25N. The molecule has 0 amide bonds. The van der Waals surface area contributed by atoms with Crippen molar-refractivity contribution in [1.29, 1.82) is 0 Å². The Kier molecular flexibility index (Phi) is 5.79. The highest BCUT2D eigenvalue weighted by molar-refractivity contribution is 4.93. The van der Waals surface area contributed by atoms with Gasteiger partial charge in [0.25, 0.3) is 0 Å². The fraction of sp³-hybridized carbons (Fsp3) is 0.857. The van der Waals surface area contributed by atoms with Crippen molar-refractivity contribution in [2.24, 2.45) is 11.8 Å². The maximum absolute atomic E-state index is 5.45. The second-order valence-electron chi connectivity index (χ2n) is 5.00. The Bertz CT molecular complexity index is 204. The number of nitrogens with one attached hydrogen (secondary N) is 1. The SMILES string of the molecule is C#CCC(NCCC)C1CCCC(C)C1. The van der Waals surface area contributed by atoms with E-state index in [1.54, 1.807) is 0 Å². The molecule has 0 saturated heterocycles. The first-order chi connectivity index (χ1) is 7.27. The Balaban J connectivity index is 2.42. The van der Waals surface area contributed by atoms with Crippen molar-refractivity contribution in [2.75, 3.05) is 6.54 Å². The van der Waals surface area contributed by atoms with E-state index in [9.17, 15) is 0 Å². The minimum absolute atomic E-state index is 0.567. The quantitative estimate of drug-likeness (QED) is 0.683. The standard InChI is InChI=1S/C14H25N/c1-4-7-14(15-10-5-2)13-9-6-8-12(3)11-13/h1,12-15H,5-11H2,2-3H3. The fourth-order valence-electron chi connectivity index (χ4n) is 2.71. The van der Waals surface area contributed by atoms with Crippen molar-refractivity contribution >= 4 is 0 Å². The van der Waals surface area contributed by atoms with E-state index < -0.39 is 0 Å². The summed E-state index contributed by atoms with van der Waals surface area (Å²) in [7, 11) is 0. The molecule has 1 nitrogen and oxygen atoms in total. The van der Waals surface area contributed by atoms with Crippen molar-refractivity contribution in [3.05, 3.63) is 0 Å². The lowest BCUT2D eigenvalue weighted by Gasteiger charge is -2.33.